The van der Waals surface area contributed by atoms with E-state index in [1.54, 1.807) is 12.1 Å². The molecule has 0 saturated carbocycles. The van der Waals surface area contributed by atoms with Gasteiger partial charge in [-0.25, -0.2) is 0 Å². The van der Waals surface area contributed by atoms with Crippen LogP contribution in [0, 0.1) is 0 Å². The molecule has 0 radical (unpaired) electrons. The van der Waals surface area contributed by atoms with E-state index >= 15 is 0 Å². The fourth-order valence-corrected chi connectivity index (χ4v) is 2.51. The van der Waals surface area contributed by atoms with Gasteiger partial charge in [-0.05, 0) is 12.1 Å². The summed E-state index contributed by atoms with van der Waals surface area (Å²) in [5, 5.41) is 0.835. The van der Waals surface area contributed by atoms with Gasteiger partial charge in [-0.3, -0.25) is 0 Å². The normalized spacial score (nSPS) is 11.3. The Labute approximate surface area is 151 Å². The maximum absolute atomic E-state index is 6.07. The number of rotatable bonds is 0. The minimum absolute atomic E-state index is 0.144. The number of fused-ring (bicyclic) bond motifs is 2. The Hall–Kier alpha value is -0.220. The fraction of sp³-hybridized carbons (Fsp3) is 0.0769. The highest BCUT2D eigenvalue weighted by molar-refractivity contribution is 6.53. The minimum Gasteiger partial charge on any atom is -0.448 e. The molecule has 8 heteroatoms. The van der Waals surface area contributed by atoms with E-state index in [0.29, 0.717) is 11.5 Å². The van der Waals surface area contributed by atoms with Crippen molar-refractivity contribution in [3.63, 3.8) is 0 Å². The van der Waals surface area contributed by atoms with E-state index in [0.717, 1.165) is 0 Å². The van der Waals surface area contributed by atoms with Crippen LogP contribution in [-0.2, 0) is 0 Å². The van der Waals surface area contributed by atoms with Crippen molar-refractivity contribution in [1.82, 2.24) is 0 Å². The van der Waals surface area contributed by atoms with Gasteiger partial charge in [0.25, 0.3) is 0 Å². The van der Waals surface area contributed by atoms with Crippen LogP contribution in [0.4, 0.5) is 0 Å². The highest BCUT2D eigenvalue weighted by Gasteiger charge is 2.28. The second-order valence-electron chi connectivity index (χ2n) is 3.67. The van der Waals surface area contributed by atoms with Gasteiger partial charge in [0.2, 0.25) is 0 Å². The molecular weight excluding hydrogens is 401 g/mol. The fourth-order valence-electron chi connectivity index (χ4n) is 1.61. The Bertz CT molecular complexity index is 618. The van der Waals surface area contributed by atoms with Crippen molar-refractivity contribution in [1.29, 1.82) is 0 Å². The van der Waals surface area contributed by atoms with Crippen LogP contribution in [0.1, 0.15) is 0 Å². The minimum atomic E-state index is 0.144. The number of para-hydroxylation sites is 2. The molecule has 0 unspecified atom stereocenters. The zero-order valence-corrected chi connectivity index (χ0v) is 14.6. The first-order valence-electron chi connectivity index (χ1n) is 5.43. The second-order valence-corrected chi connectivity index (χ2v) is 5.99. The molecule has 0 spiro atoms. The van der Waals surface area contributed by atoms with E-state index in [-0.39, 0.29) is 36.9 Å². The van der Waals surface area contributed by atoms with Crippen LogP contribution in [0.2, 0.25) is 20.1 Å². The van der Waals surface area contributed by atoms with Crippen molar-refractivity contribution in [3.05, 3.63) is 44.4 Å². The van der Waals surface area contributed by atoms with Crippen LogP contribution in [0.5, 0.6) is 23.0 Å². The third-order valence-electron chi connectivity index (χ3n) is 2.46. The van der Waals surface area contributed by atoms with Crippen LogP contribution in [0.15, 0.2) is 24.3 Å². The van der Waals surface area contributed by atoms with E-state index in [4.69, 9.17) is 79.1 Å². The number of alkyl halides is 2. The second kappa shape index (κ2) is 7.36. The van der Waals surface area contributed by atoms with Crippen LogP contribution in [0.3, 0.4) is 0 Å². The van der Waals surface area contributed by atoms with Crippen LogP contribution >= 0.6 is 69.6 Å². The molecule has 2 aromatic carbocycles. The van der Waals surface area contributed by atoms with E-state index in [1.807, 2.05) is 12.1 Å². The smallest absolute Gasteiger partial charge is 0.191 e. The Morgan fingerprint density at radius 3 is 1.33 bits per heavy atom. The van der Waals surface area contributed by atoms with Crippen molar-refractivity contribution in [2.24, 2.45) is 0 Å². The highest BCUT2D eigenvalue weighted by atomic mass is 35.5. The first-order valence-corrected chi connectivity index (χ1v) is 8.02. The molecular formula is C13H6Cl6O2. The number of benzene rings is 2. The molecule has 2 aromatic rings. The van der Waals surface area contributed by atoms with Gasteiger partial charge in [0, 0.05) is 0 Å². The molecule has 0 atom stereocenters. The molecule has 1 aliphatic heterocycles. The summed E-state index contributed by atoms with van der Waals surface area (Å²) in [6, 6.07) is 7.15. The molecule has 1 aliphatic rings. The number of ether oxygens (including phenoxy) is 2. The maximum Gasteiger partial charge on any atom is 0.191 e. The summed E-state index contributed by atoms with van der Waals surface area (Å²) in [5.74, 6) is 1.63. The van der Waals surface area contributed by atoms with E-state index < -0.39 is 0 Å². The van der Waals surface area contributed by atoms with Gasteiger partial charge in [0.05, 0.1) is 15.4 Å². The molecule has 3 rings (SSSR count). The lowest BCUT2D eigenvalue weighted by atomic mass is 10.2. The Kier molecular flexibility index (Phi) is 6.01. The van der Waals surface area contributed by atoms with Crippen molar-refractivity contribution < 1.29 is 9.47 Å². The zero-order chi connectivity index (χ0) is 15.6. The van der Waals surface area contributed by atoms with Gasteiger partial charge < -0.3 is 9.47 Å². The van der Waals surface area contributed by atoms with Crippen LogP contribution in [-0.4, -0.2) is 5.34 Å². The van der Waals surface area contributed by atoms with Gasteiger partial charge in [-0.1, -0.05) is 58.5 Å². The van der Waals surface area contributed by atoms with Gasteiger partial charge in [-0.15, -0.1) is 23.2 Å². The summed E-state index contributed by atoms with van der Waals surface area (Å²) in [5.41, 5.74) is 0. The molecule has 0 bridgehead atoms. The number of hydrogen-bond donors (Lipinski definition) is 0. The monoisotopic (exact) mass is 404 g/mol. The summed E-state index contributed by atoms with van der Waals surface area (Å²) < 4.78 is 11.3. The Morgan fingerprint density at radius 1 is 0.667 bits per heavy atom. The van der Waals surface area contributed by atoms with Crippen LogP contribution in [0.25, 0.3) is 0 Å². The molecule has 1 heterocycles. The van der Waals surface area contributed by atoms with Gasteiger partial charge >= 0.3 is 0 Å². The quantitative estimate of drug-likeness (QED) is 0.217. The zero-order valence-electron chi connectivity index (χ0n) is 10.1. The lowest BCUT2D eigenvalue weighted by molar-refractivity contribution is 0.360. The third kappa shape index (κ3) is 3.42. The van der Waals surface area contributed by atoms with E-state index in [1.165, 1.54) is 0 Å². The molecule has 21 heavy (non-hydrogen) atoms. The average molecular weight is 407 g/mol. The topological polar surface area (TPSA) is 18.5 Å². The van der Waals surface area contributed by atoms with Gasteiger partial charge in [0.1, 0.15) is 10.0 Å². The van der Waals surface area contributed by atoms with Gasteiger partial charge in [-0.2, -0.15) is 0 Å². The molecule has 0 N–H and O–H groups in total. The molecule has 0 fully saturated rings. The van der Waals surface area contributed by atoms with Crippen molar-refractivity contribution in [2.45, 2.75) is 0 Å². The SMILES string of the molecule is ClCCl.Clc1c(Cl)c(Cl)c2c(c1Cl)Oc1ccccc1O2. The summed E-state index contributed by atoms with van der Waals surface area (Å²) in [7, 11) is 0. The molecule has 0 aliphatic carbocycles. The lowest BCUT2D eigenvalue weighted by Gasteiger charge is -2.23. The first kappa shape index (κ1) is 17.1. The Balaban J connectivity index is 0.000000497. The maximum atomic E-state index is 6.07. The summed E-state index contributed by atoms with van der Waals surface area (Å²) in [4.78, 5) is 0. The molecule has 0 amide bonds. The standard InChI is InChI=1S/C12H4Cl4O2.CH2Cl2/c13-7-8(14)10(16)12-11(9(7)15)17-5-3-1-2-4-6(5)18-12;2-1-3/h1-4H;1H2. The van der Waals surface area contributed by atoms with E-state index in [9.17, 15) is 0 Å². The summed E-state index contributed by atoms with van der Waals surface area (Å²) >= 11 is 33.6. The van der Waals surface area contributed by atoms with E-state index in [2.05, 4.69) is 0 Å². The predicted molar refractivity (Wildman–Crippen MR) is 89.6 cm³/mol. The molecule has 0 saturated heterocycles. The highest BCUT2D eigenvalue weighted by Crippen LogP contribution is 2.56. The third-order valence-corrected chi connectivity index (χ3v) is 4.22. The summed E-state index contributed by atoms with van der Waals surface area (Å²) in [6.07, 6.45) is 0. The first-order chi connectivity index (χ1) is 10.0. The Morgan fingerprint density at radius 2 is 1.00 bits per heavy atom. The molecule has 112 valence electrons. The van der Waals surface area contributed by atoms with Gasteiger partial charge in [0.15, 0.2) is 23.0 Å². The number of hydrogen-bond acceptors (Lipinski definition) is 2. The number of halogens is 6. The average Bonchev–Trinajstić information content (AvgIpc) is 2.50. The summed E-state index contributed by atoms with van der Waals surface area (Å²) in [6.45, 7) is 0. The van der Waals surface area contributed by atoms with Crippen molar-refractivity contribution in [3.8, 4) is 23.0 Å². The molecule has 0 aromatic heterocycles. The van der Waals surface area contributed by atoms with Crippen molar-refractivity contribution >= 4 is 69.6 Å². The molecule has 2 nitrogen and oxygen atoms in total. The predicted octanol–water partition coefficient (Wildman–Crippen LogP) is 7.62. The van der Waals surface area contributed by atoms with Crippen LogP contribution < -0.4 is 9.47 Å². The largest absolute Gasteiger partial charge is 0.448 e. The van der Waals surface area contributed by atoms with Crippen molar-refractivity contribution in [2.75, 3.05) is 5.34 Å². The lowest BCUT2D eigenvalue weighted by Crippen LogP contribution is -2.00.